The number of rotatable bonds is 8. The van der Waals surface area contributed by atoms with Gasteiger partial charge in [-0.2, -0.15) is 0 Å². The molecule has 164 valence electrons. The van der Waals surface area contributed by atoms with Crippen molar-refractivity contribution in [1.82, 2.24) is 0 Å². The van der Waals surface area contributed by atoms with E-state index in [0.29, 0.717) is 0 Å². The van der Waals surface area contributed by atoms with Gasteiger partial charge in [-0.1, -0.05) is 146 Å². The first-order chi connectivity index (χ1) is 16.8. The predicted octanol–water partition coefficient (Wildman–Crippen LogP) is 7.93. The summed E-state index contributed by atoms with van der Waals surface area (Å²) < 4.78 is 0. The highest BCUT2D eigenvalue weighted by Crippen LogP contribution is 2.24. The lowest BCUT2D eigenvalue weighted by molar-refractivity contribution is -0.110. The minimum absolute atomic E-state index is 0.0616. The zero-order chi connectivity index (χ0) is 23.4. The Kier molecular flexibility index (Phi) is 7.97. The summed E-state index contributed by atoms with van der Waals surface area (Å²) in [4.78, 5) is 12.5. The maximum Gasteiger partial charge on any atom is 0.178 e. The molecule has 0 bridgehead atoms. The van der Waals surface area contributed by atoms with Crippen molar-refractivity contribution in [2.75, 3.05) is 0 Å². The molecule has 4 aromatic carbocycles. The van der Waals surface area contributed by atoms with Gasteiger partial charge in [0.05, 0.1) is 0 Å². The van der Waals surface area contributed by atoms with Gasteiger partial charge in [0.2, 0.25) is 0 Å². The molecule has 0 radical (unpaired) electrons. The molecule has 4 rings (SSSR count). The van der Waals surface area contributed by atoms with Crippen molar-refractivity contribution in [3.05, 3.63) is 180 Å². The molecule has 1 nitrogen and oxygen atoms in total. The van der Waals surface area contributed by atoms with Crippen LogP contribution in [0.5, 0.6) is 0 Å². The molecule has 0 atom stereocenters. The molecule has 34 heavy (non-hydrogen) atoms. The summed E-state index contributed by atoms with van der Waals surface area (Å²) in [6, 6.07) is 40.8. The van der Waals surface area contributed by atoms with Crippen LogP contribution in [0.3, 0.4) is 0 Å². The zero-order valence-corrected chi connectivity index (χ0v) is 18.9. The molecule has 0 saturated heterocycles. The minimum Gasteiger partial charge on any atom is -0.290 e. The van der Waals surface area contributed by atoms with Crippen molar-refractivity contribution in [1.29, 1.82) is 0 Å². The van der Waals surface area contributed by atoms with E-state index in [-0.39, 0.29) is 5.78 Å². The highest BCUT2D eigenvalue weighted by molar-refractivity contribution is 6.00. The quantitative estimate of drug-likeness (QED) is 0.202. The fraction of sp³-hybridized carbons (Fsp3) is 0. The molecule has 0 heterocycles. The van der Waals surface area contributed by atoms with E-state index in [1.807, 2.05) is 97.1 Å². The summed E-state index contributed by atoms with van der Waals surface area (Å²) in [6.45, 7) is 0. The van der Waals surface area contributed by atoms with Crippen molar-refractivity contribution in [3.63, 3.8) is 0 Å². The van der Waals surface area contributed by atoms with E-state index in [9.17, 15) is 4.79 Å². The standard InChI is InChI=1S/C33H26O/c34-31(23-13-25-32(27-15-5-1-6-16-27)28-17-7-2-8-18-28)24-14-26-33(29-19-9-3-10-20-29)30-21-11-4-12-22-30/h1-26H/b23-13+,24-14+. The van der Waals surface area contributed by atoms with E-state index in [4.69, 9.17) is 0 Å². The second-order valence-electron chi connectivity index (χ2n) is 7.75. The van der Waals surface area contributed by atoms with Gasteiger partial charge in [0.1, 0.15) is 0 Å². The van der Waals surface area contributed by atoms with Crippen LogP contribution in [0.2, 0.25) is 0 Å². The number of allylic oxidation sites excluding steroid dienone is 6. The van der Waals surface area contributed by atoms with E-state index >= 15 is 0 Å². The lowest BCUT2D eigenvalue weighted by atomic mass is 9.97. The number of ketones is 1. The van der Waals surface area contributed by atoms with Crippen LogP contribution in [0.25, 0.3) is 11.1 Å². The van der Waals surface area contributed by atoms with Crippen molar-refractivity contribution in [2.24, 2.45) is 0 Å². The third kappa shape index (κ3) is 6.27. The average Bonchev–Trinajstić information content (AvgIpc) is 2.91. The molecular formula is C33H26O. The van der Waals surface area contributed by atoms with Gasteiger partial charge in [-0.05, 0) is 45.6 Å². The summed E-state index contributed by atoms with van der Waals surface area (Å²) in [5.74, 6) is -0.0616. The summed E-state index contributed by atoms with van der Waals surface area (Å²) in [6.07, 6.45) is 10.8. The molecule has 0 N–H and O–H groups in total. The Morgan fingerprint density at radius 1 is 0.412 bits per heavy atom. The van der Waals surface area contributed by atoms with Gasteiger partial charge < -0.3 is 0 Å². The fourth-order valence-electron chi connectivity index (χ4n) is 3.72. The molecule has 0 aliphatic heterocycles. The normalized spacial score (nSPS) is 10.8. The molecule has 0 saturated carbocycles. The molecule has 0 amide bonds. The van der Waals surface area contributed by atoms with E-state index in [2.05, 4.69) is 48.5 Å². The highest BCUT2D eigenvalue weighted by Gasteiger charge is 2.04. The number of carbonyl (C=O) groups excluding carboxylic acids is 1. The van der Waals surface area contributed by atoms with Gasteiger partial charge >= 0.3 is 0 Å². The van der Waals surface area contributed by atoms with Gasteiger partial charge in [-0.25, -0.2) is 0 Å². The van der Waals surface area contributed by atoms with E-state index in [1.54, 1.807) is 12.2 Å². The third-order valence-electron chi connectivity index (χ3n) is 5.39. The monoisotopic (exact) mass is 438 g/mol. The molecule has 0 unspecified atom stereocenters. The topological polar surface area (TPSA) is 17.1 Å². The summed E-state index contributed by atoms with van der Waals surface area (Å²) in [5.41, 5.74) is 6.59. The predicted molar refractivity (Wildman–Crippen MR) is 143 cm³/mol. The van der Waals surface area contributed by atoms with Gasteiger partial charge in [0.15, 0.2) is 5.78 Å². The Labute approximate surface area is 201 Å². The lowest BCUT2D eigenvalue weighted by Gasteiger charge is -2.07. The van der Waals surface area contributed by atoms with Gasteiger partial charge in [-0.15, -0.1) is 0 Å². The van der Waals surface area contributed by atoms with E-state index in [1.165, 1.54) is 0 Å². The zero-order valence-electron chi connectivity index (χ0n) is 18.9. The number of carbonyl (C=O) groups is 1. The molecular weight excluding hydrogens is 412 g/mol. The molecule has 0 aliphatic carbocycles. The first-order valence-electron chi connectivity index (χ1n) is 11.3. The second kappa shape index (κ2) is 11.9. The Morgan fingerprint density at radius 3 is 0.941 bits per heavy atom. The summed E-state index contributed by atoms with van der Waals surface area (Å²) in [5, 5.41) is 0. The first kappa shape index (κ1) is 22.7. The Morgan fingerprint density at radius 2 is 0.676 bits per heavy atom. The van der Waals surface area contributed by atoms with Crippen LogP contribution in [0.15, 0.2) is 158 Å². The second-order valence-corrected chi connectivity index (χ2v) is 7.75. The Bertz CT molecular complexity index is 1120. The van der Waals surface area contributed by atoms with Gasteiger partial charge in [0, 0.05) is 0 Å². The molecule has 4 aromatic rings. The highest BCUT2D eigenvalue weighted by atomic mass is 16.1. The molecule has 0 aliphatic rings. The Balaban J connectivity index is 1.54. The van der Waals surface area contributed by atoms with Crippen LogP contribution in [-0.4, -0.2) is 5.78 Å². The van der Waals surface area contributed by atoms with Crippen LogP contribution >= 0.6 is 0 Å². The molecule has 0 spiro atoms. The molecule has 0 aromatic heterocycles. The summed E-state index contributed by atoms with van der Waals surface area (Å²) in [7, 11) is 0. The van der Waals surface area contributed by atoms with Crippen LogP contribution in [-0.2, 0) is 4.79 Å². The molecule has 0 fully saturated rings. The molecule has 1 heteroatoms. The first-order valence-corrected chi connectivity index (χ1v) is 11.3. The van der Waals surface area contributed by atoms with Crippen molar-refractivity contribution >= 4 is 16.9 Å². The van der Waals surface area contributed by atoms with E-state index in [0.717, 1.165) is 33.4 Å². The summed E-state index contributed by atoms with van der Waals surface area (Å²) >= 11 is 0. The third-order valence-corrected chi connectivity index (χ3v) is 5.39. The van der Waals surface area contributed by atoms with Crippen LogP contribution in [0.4, 0.5) is 0 Å². The SMILES string of the molecule is O=C(/C=C/C=C(c1ccccc1)c1ccccc1)/C=C/C=C(c1ccccc1)c1ccccc1. The van der Waals surface area contributed by atoms with Crippen LogP contribution < -0.4 is 0 Å². The number of hydrogen-bond donors (Lipinski definition) is 0. The lowest BCUT2D eigenvalue weighted by Crippen LogP contribution is -1.89. The number of hydrogen-bond acceptors (Lipinski definition) is 1. The average molecular weight is 439 g/mol. The van der Waals surface area contributed by atoms with Crippen molar-refractivity contribution in [2.45, 2.75) is 0 Å². The Hall–Kier alpha value is -4.49. The van der Waals surface area contributed by atoms with Crippen LogP contribution in [0, 0.1) is 0 Å². The smallest absolute Gasteiger partial charge is 0.178 e. The largest absolute Gasteiger partial charge is 0.290 e. The van der Waals surface area contributed by atoms with Crippen molar-refractivity contribution < 1.29 is 4.79 Å². The maximum atomic E-state index is 12.5. The number of benzene rings is 4. The van der Waals surface area contributed by atoms with Crippen molar-refractivity contribution in [3.8, 4) is 0 Å². The van der Waals surface area contributed by atoms with E-state index < -0.39 is 0 Å². The van der Waals surface area contributed by atoms with Crippen LogP contribution in [0.1, 0.15) is 22.3 Å². The van der Waals surface area contributed by atoms with Gasteiger partial charge in [-0.3, -0.25) is 4.79 Å². The minimum atomic E-state index is -0.0616. The van der Waals surface area contributed by atoms with Gasteiger partial charge in [0.25, 0.3) is 0 Å². The maximum absolute atomic E-state index is 12.5. The fourth-order valence-corrected chi connectivity index (χ4v) is 3.72.